The lowest BCUT2D eigenvalue weighted by Gasteiger charge is -2.29. The van der Waals surface area contributed by atoms with Crippen LogP contribution in [-0.4, -0.2) is 24.3 Å². The van der Waals surface area contributed by atoms with Crippen LogP contribution in [0.4, 0.5) is 11.6 Å². The maximum Gasteiger partial charge on any atom is 0.328 e. The third-order valence-electron chi connectivity index (χ3n) is 3.27. The van der Waals surface area contributed by atoms with Crippen LogP contribution >= 0.6 is 0 Å². The summed E-state index contributed by atoms with van der Waals surface area (Å²) >= 11 is 0. The molecule has 1 unspecified atom stereocenters. The topological polar surface area (TPSA) is 55.6 Å². The molecule has 5 nitrogen and oxygen atoms in total. The number of esters is 1. The first-order valence-electron chi connectivity index (χ1n) is 6.40. The van der Waals surface area contributed by atoms with Crippen LogP contribution in [0, 0.1) is 13.8 Å². The first-order chi connectivity index (χ1) is 9.56. The molecule has 106 valence electrons. The van der Waals surface area contributed by atoms with Crippen molar-refractivity contribution >= 4 is 17.5 Å². The zero-order valence-electron chi connectivity index (χ0n) is 12.1. The van der Waals surface area contributed by atoms with Gasteiger partial charge in [-0.25, -0.2) is 4.79 Å². The normalized spacial score (nSPS) is 12.0. The van der Waals surface area contributed by atoms with Crippen molar-refractivity contribution in [3.63, 3.8) is 0 Å². The molecule has 0 aliphatic heterocycles. The summed E-state index contributed by atoms with van der Waals surface area (Å²) in [4.78, 5) is 13.7. The van der Waals surface area contributed by atoms with Crippen molar-refractivity contribution in [3.05, 3.63) is 41.6 Å². The molecule has 0 aliphatic carbocycles. The van der Waals surface area contributed by atoms with E-state index in [2.05, 4.69) is 5.16 Å². The molecule has 0 saturated heterocycles. The van der Waals surface area contributed by atoms with Crippen LogP contribution in [0.1, 0.15) is 18.1 Å². The van der Waals surface area contributed by atoms with Gasteiger partial charge in [-0.15, -0.1) is 0 Å². The lowest BCUT2D eigenvalue weighted by Crippen LogP contribution is -2.37. The summed E-state index contributed by atoms with van der Waals surface area (Å²) < 4.78 is 10.1. The lowest BCUT2D eigenvalue weighted by molar-refractivity contribution is -0.141. The number of ether oxygens (including phenoxy) is 1. The number of hydrogen-bond acceptors (Lipinski definition) is 5. The minimum Gasteiger partial charge on any atom is -0.467 e. The van der Waals surface area contributed by atoms with E-state index in [4.69, 9.17) is 9.26 Å². The van der Waals surface area contributed by atoms with Gasteiger partial charge < -0.3 is 9.26 Å². The van der Waals surface area contributed by atoms with Crippen LogP contribution in [0.5, 0.6) is 0 Å². The molecule has 20 heavy (non-hydrogen) atoms. The van der Waals surface area contributed by atoms with Gasteiger partial charge in [0.05, 0.1) is 19.0 Å². The van der Waals surface area contributed by atoms with Crippen molar-refractivity contribution < 1.29 is 14.1 Å². The van der Waals surface area contributed by atoms with E-state index < -0.39 is 6.04 Å². The van der Waals surface area contributed by atoms with Gasteiger partial charge in [-0.2, -0.15) is 0 Å². The van der Waals surface area contributed by atoms with Gasteiger partial charge in [0.15, 0.2) is 0 Å². The molecule has 0 radical (unpaired) electrons. The number of carbonyl (C=O) groups excluding carboxylic acids is 1. The molecule has 1 aromatic heterocycles. The molecular weight excluding hydrogens is 256 g/mol. The van der Waals surface area contributed by atoms with Gasteiger partial charge in [0.25, 0.3) is 0 Å². The van der Waals surface area contributed by atoms with Crippen LogP contribution in [0.2, 0.25) is 0 Å². The summed E-state index contributed by atoms with van der Waals surface area (Å²) in [6.07, 6.45) is 1.56. The lowest BCUT2D eigenvalue weighted by atomic mass is 10.1. The molecule has 1 atom stereocenters. The monoisotopic (exact) mass is 274 g/mol. The summed E-state index contributed by atoms with van der Waals surface area (Å²) in [5.74, 6) is 0.185. The Morgan fingerprint density at radius 3 is 2.45 bits per heavy atom. The smallest absolute Gasteiger partial charge is 0.328 e. The van der Waals surface area contributed by atoms with Gasteiger partial charge >= 0.3 is 5.97 Å². The predicted octanol–water partition coefficient (Wildman–Crippen LogP) is 2.99. The van der Waals surface area contributed by atoms with E-state index in [9.17, 15) is 4.79 Å². The Hall–Kier alpha value is -2.30. The molecule has 0 N–H and O–H groups in total. The van der Waals surface area contributed by atoms with E-state index >= 15 is 0 Å². The first-order valence-corrected chi connectivity index (χ1v) is 6.40. The molecule has 1 aromatic carbocycles. The SMILES string of the molecule is COC(=O)C(C)N(c1ccno1)c1c(C)cccc1C. The molecular formula is C15H18N2O3. The molecule has 0 spiro atoms. The fourth-order valence-electron chi connectivity index (χ4n) is 2.29. The van der Waals surface area contributed by atoms with Crippen molar-refractivity contribution in [3.8, 4) is 0 Å². The molecule has 0 aliphatic rings. The van der Waals surface area contributed by atoms with Crippen LogP contribution in [0.3, 0.4) is 0 Å². The van der Waals surface area contributed by atoms with E-state index in [1.807, 2.05) is 36.9 Å². The van der Waals surface area contributed by atoms with Crippen LogP contribution < -0.4 is 4.90 Å². The standard InChI is InChI=1S/C15H18N2O3/c1-10-6-5-7-11(2)14(10)17(12(3)15(18)19-4)13-8-9-16-20-13/h5-9,12H,1-4H3. The molecule has 0 bridgehead atoms. The van der Waals surface area contributed by atoms with E-state index in [-0.39, 0.29) is 5.97 Å². The van der Waals surface area contributed by atoms with Crippen molar-refractivity contribution in [2.45, 2.75) is 26.8 Å². The quantitative estimate of drug-likeness (QED) is 0.802. The molecule has 5 heteroatoms. The number of rotatable bonds is 4. The number of hydrogen-bond donors (Lipinski definition) is 0. The maximum absolute atomic E-state index is 11.9. The van der Waals surface area contributed by atoms with Gasteiger partial charge in [-0.3, -0.25) is 4.90 Å². The van der Waals surface area contributed by atoms with Crippen LogP contribution in [0.15, 0.2) is 35.0 Å². The zero-order valence-corrected chi connectivity index (χ0v) is 12.1. The van der Waals surface area contributed by atoms with E-state index in [1.54, 1.807) is 19.2 Å². The Kier molecular flexibility index (Phi) is 4.08. The third-order valence-corrected chi connectivity index (χ3v) is 3.27. The number of methoxy groups -OCH3 is 1. The number of carbonyl (C=O) groups is 1. The second-order valence-corrected chi connectivity index (χ2v) is 4.66. The van der Waals surface area contributed by atoms with Gasteiger partial charge in [0.1, 0.15) is 6.04 Å². The molecule has 2 rings (SSSR count). The molecule has 0 amide bonds. The second-order valence-electron chi connectivity index (χ2n) is 4.66. The minimum atomic E-state index is -0.507. The summed E-state index contributed by atoms with van der Waals surface area (Å²) in [6, 6.07) is 7.19. The molecule has 1 heterocycles. The Morgan fingerprint density at radius 2 is 1.95 bits per heavy atom. The maximum atomic E-state index is 11.9. The van der Waals surface area contributed by atoms with Gasteiger partial charge in [-0.05, 0) is 31.9 Å². The molecule has 0 saturated carbocycles. The number of aromatic nitrogens is 1. The van der Waals surface area contributed by atoms with Gasteiger partial charge in [0.2, 0.25) is 5.88 Å². The zero-order chi connectivity index (χ0) is 14.7. The van der Waals surface area contributed by atoms with E-state index in [1.165, 1.54) is 7.11 Å². The Bertz CT molecular complexity index is 573. The predicted molar refractivity (Wildman–Crippen MR) is 76.0 cm³/mol. The third kappa shape index (κ3) is 2.52. The van der Waals surface area contributed by atoms with E-state index in [0.29, 0.717) is 5.88 Å². The second kappa shape index (κ2) is 5.77. The average Bonchev–Trinajstić information content (AvgIpc) is 2.95. The highest BCUT2D eigenvalue weighted by atomic mass is 16.5. The minimum absolute atomic E-state index is 0.330. The summed E-state index contributed by atoms with van der Waals surface area (Å²) in [7, 11) is 1.38. The van der Waals surface area contributed by atoms with E-state index in [0.717, 1.165) is 16.8 Å². The Balaban J connectivity index is 2.55. The van der Waals surface area contributed by atoms with Gasteiger partial charge in [-0.1, -0.05) is 23.4 Å². The van der Waals surface area contributed by atoms with Crippen LogP contribution in [0.25, 0.3) is 0 Å². The van der Waals surface area contributed by atoms with Crippen molar-refractivity contribution in [1.29, 1.82) is 0 Å². The highest BCUT2D eigenvalue weighted by molar-refractivity contribution is 5.83. The number of anilines is 2. The fourth-order valence-corrected chi connectivity index (χ4v) is 2.29. The molecule has 0 fully saturated rings. The van der Waals surface area contributed by atoms with Crippen LogP contribution in [-0.2, 0) is 9.53 Å². The number of para-hydroxylation sites is 1. The van der Waals surface area contributed by atoms with Crippen molar-refractivity contribution in [1.82, 2.24) is 5.16 Å². The highest BCUT2D eigenvalue weighted by Crippen LogP contribution is 2.33. The molecule has 2 aromatic rings. The largest absolute Gasteiger partial charge is 0.467 e. The number of aryl methyl sites for hydroxylation is 2. The first kappa shape index (κ1) is 14.1. The Labute approximate surface area is 118 Å². The summed E-state index contributed by atoms with van der Waals surface area (Å²) in [5, 5.41) is 3.73. The number of nitrogens with zero attached hydrogens (tertiary/aromatic N) is 2. The summed E-state index contributed by atoms with van der Waals surface area (Å²) in [6.45, 7) is 5.77. The van der Waals surface area contributed by atoms with Crippen molar-refractivity contribution in [2.24, 2.45) is 0 Å². The number of benzene rings is 1. The highest BCUT2D eigenvalue weighted by Gasteiger charge is 2.28. The van der Waals surface area contributed by atoms with Gasteiger partial charge in [0, 0.05) is 6.07 Å². The van der Waals surface area contributed by atoms with Crippen molar-refractivity contribution in [2.75, 3.05) is 12.0 Å². The summed E-state index contributed by atoms with van der Waals surface area (Å²) in [5.41, 5.74) is 3.04. The Morgan fingerprint density at radius 1 is 1.30 bits per heavy atom. The average molecular weight is 274 g/mol. The fraction of sp³-hybridized carbons (Fsp3) is 0.333.